The first-order chi connectivity index (χ1) is 10.4. The summed E-state index contributed by atoms with van der Waals surface area (Å²) in [6.07, 6.45) is 4.14. The van der Waals surface area contributed by atoms with Crippen molar-refractivity contribution in [3.63, 3.8) is 0 Å². The van der Waals surface area contributed by atoms with Crippen LogP contribution in [0.3, 0.4) is 0 Å². The molecule has 4 heteroatoms. The average molecular weight is 322 g/mol. The fraction of sp³-hybridized carbons (Fsp3) is 0.667. The average Bonchev–Trinajstić information content (AvgIpc) is 3.24. The van der Waals surface area contributed by atoms with Crippen molar-refractivity contribution in [3.8, 4) is 0 Å². The maximum absolute atomic E-state index is 3.49. The van der Waals surface area contributed by atoms with Crippen LogP contribution in [-0.2, 0) is 6.54 Å². The first-order valence-corrected chi connectivity index (χ1v) is 8.64. The van der Waals surface area contributed by atoms with Crippen LogP contribution in [0, 0.1) is 0 Å². The van der Waals surface area contributed by atoms with E-state index in [1.807, 2.05) is 0 Å². The standard InChI is InChI=1S/C18H27N3.ClH/c1-2-15(12-17(3-1)16-4-5-16)14-20-8-10-21(11-9-20)18-6-7-19-13-18;/h1-3,12,16,18-19H,4-11,13-14H2;1H. The van der Waals surface area contributed by atoms with Crippen LogP contribution in [0.2, 0.25) is 0 Å². The van der Waals surface area contributed by atoms with Gasteiger partial charge in [-0.15, -0.1) is 12.4 Å². The quantitative estimate of drug-likeness (QED) is 0.919. The van der Waals surface area contributed by atoms with E-state index in [2.05, 4.69) is 39.4 Å². The van der Waals surface area contributed by atoms with Gasteiger partial charge in [-0.3, -0.25) is 9.80 Å². The van der Waals surface area contributed by atoms with Gasteiger partial charge in [0.1, 0.15) is 0 Å². The number of halogens is 1. The lowest BCUT2D eigenvalue weighted by Gasteiger charge is -2.37. The molecule has 0 amide bonds. The third-order valence-corrected chi connectivity index (χ3v) is 5.36. The van der Waals surface area contributed by atoms with Gasteiger partial charge in [-0.1, -0.05) is 24.3 Å². The van der Waals surface area contributed by atoms with E-state index < -0.39 is 0 Å². The van der Waals surface area contributed by atoms with Gasteiger partial charge in [-0.25, -0.2) is 0 Å². The molecule has 2 saturated heterocycles. The lowest BCUT2D eigenvalue weighted by atomic mass is 10.1. The number of nitrogens with one attached hydrogen (secondary N) is 1. The zero-order valence-electron chi connectivity index (χ0n) is 13.3. The summed E-state index contributed by atoms with van der Waals surface area (Å²) in [7, 11) is 0. The minimum Gasteiger partial charge on any atom is -0.315 e. The topological polar surface area (TPSA) is 18.5 Å². The van der Waals surface area contributed by atoms with Crippen LogP contribution in [0.1, 0.15) is 36.3 Å². The summed E-state index contributed by atoms with van der Waals surface area (Å²) in [5, 5.41) is 3.49. The lowest BCUT2D eigenvalue weighted by Crippen LogP contribution is -2.50. The van der Waals surface area contributed by atoms with E-state index in [-0.39, 0.29) is 12.4 Å². The molecule has 1 saturated carbocycles. The Labute approximate surface area is 140 Å². The Morgan fingerprint density at radius 3 is 2.55 bits per heavy atom. The Morgan fingerprint density at radius 2 is 1.86 bits per heavy atom. The molecule has 122 valence electrons. The van der Waals surface area contributed by atoms with Crippen molar-refractivity contribution in [2.24, 2.45) is 0 Å². The third-order valence-electron chi connectivity index (χ3n) is 5.36. The summed E-state index contributed by atoms with van der Waals surface area (Å²) < 4.78 is 0. The van der Waals surface area contributed by atoms with Crippen molar-refractivity contribution >= 4 is 12.4 Å². The third kappa shape index (κ3) is 3.83. The smallest absolute Gasteiger partial charge is 0.0234 e. The molecule has 1 N–H and O–H groups in total. The zero-order valence-corrected chi connectivity index (χ0v) is 14.2. The van der Waals surface area contributed by atoms with Crippen LogP contribution < -0.4 is 5.32 Å². The molecule has 3 nitrogen and oxygen atoms in total. The predicted molar refractivity (Wildman–Crippen MR) is 93.8 cm³/mol. The van der Waals surface area contributed by atoms with Crippen molar-refractivity contribution in [1.29, 1.82) is 0 Å². The summed E-state index contributed by atoms with van der Waals surface area (Å²) in [4.78, 5) is 5.32. The maximum Gasteiger partial charge on any atom is 0.0234 e. The number of piperazine rings is 1. The van der Waals surface area contributed by atoms with Gasteiger partial charge in [0.15, 0.2) is 0 Å². The highest BCUT2D eigenvalue weighted by Gasteiger charge is 2.26. The Morgan fingerprint density at radius 1 is 1.05 bits per heavy atom. The van der Waals surface area contributed by atoms with Crippen LogP contribution in [0.25, 0.3) is 0 Å². The van der Waals surface area contributed by atoms with Gasteiger partial charge in [0, 0.05) is 45.3 Å². The molecule has 1 aromatic rings. The van der Waals surface area contributed by atoms with E-state index >= 15 is 0 Å². The molecule has 1 atom stereocenters. The van der Waals surface area contributed by atoms with Crippen LogP contribution in [0.15, 0.2) is 24.3 Å². The fourth-order valence-corrected chi connectivity index (χ4v) is 3.86. The van der Waals surface area contributed by atoms with Crippen molar-refractivity contribution in [2.45, 2.75) is 37.8 Å². The van der Waals surface area contributed by atoms with Crippen molar-refractivity contribution in [3.05, 3.63) is 35.4 Å². The number of hydrogen-bond donors (Lipinski definition) is 1. The van der Waals surface area contributed by atoms with Crippen LogP contribution >= 0.6 is 12.4 Å². The Balaban J connectivity index is 0.00000144. The largest absolute Gasteiger partial charge is 0.315 e. The summed E-state index contributed by atoms with van der Waals surface area (Å²) in [5.41, 5.74) is 3.08. The van der Waals surface area contributed by atoms with Crippen molar-refractivity contribution < 1.29 is 0 Å². The zero-order chi connectivity index (χ0) is 14.1. The first-order valence-electron chi connectivity index (χ1n) is 8.64. The van der Waals surface area contributed by atoms with E-state index in [1.54, 1.807) is 5.56 Å². The first kappa shape index (κ1) is 16.3. The Bertz CT molecular complexity index is 475. The molecule has 22 heavy (non-hydrogen) atoms. The van der Waals surface area contributed by atoms with Gasteiger partial charge >= 0.3 is 0 Å². The van der Waals surface area contributed by atoms with Gasteiger partial charge in [-0.05, 0) is 42.9 Å². The minimum absolute atomic E-state index is 0. The van der Waals surface area contributed by atoms with Gasteiger partial charge < -0.3 is 5.32 Å². The summed E-state index contributed by atoms with van der Waals surface area (Å²) in [6.45, 7) is 8.48. The van der Waals surface area contributed by atoms with Gasteiger partial charge in [0.2, 0.25) is 0 Å². The molecule has 1 aliphatic carbocycles. The van der Waals surface area contributed by atoms with E-state index in [4.69, 9.17) is 0 Å². The van der Waals surface area contributed by atoms with E-state index in [0.717, 1.165) is 18.5 Å². The highest BCUT2D eigenvalue weighted by atomic mass is 35.5. The molecule has 1 aromatic carbocycles. The highest BCUT2D eigenvalue weighted by Crippen LogP contribution is 2.40. The summed E-state index contributed by atoms with van der Waals surface area (Å²) in [6, 6.07) is 10.1. The molecule has 0 bridgehead atoms. The molecular formula is C18H28ClN3. The van der Waals surface area contributed by atoms with Gasteiger partial charge in [0.25, 0.3) is 0 Å². The highest BCUT2D eigenvalue weighted by molar-refractivity contribution is 5.85. The molecular weight excluding hydrogens is 294 g/mol. The maximum atomic E-state index is 3.49. The monoisotopic (exact) mass is 321 g/mol. The predicted octanol–water partition coefficient (Wildman–Crippen LogP) is 2.47. The van der Waals surface area contributed by atoms with E-state index in [9.17, 15) is 0 Å². The normalized spacial score (nSPS) is 26.8. The molecule has 0 spiro atoms. The number of rotatable bonds is 4. The molecule has 4 rings (SSSR count). The second-order valence-electron chi connectivity index (χ2n) is 6.98. The minimum atomic E-state index is 0. The molecule has 1 unspecified atom stereocenters. The number of nitrogens with zero attached hydrogens (tertiary/aromatic N) is 2. The van der Waals surface area contributed by atoms with E-state index in [1.165, 1.54) is 64.1 Å². The lowest BCUT2D eigenvalue weighted by molar-refractivity contribution is 0.0981. The van der Waals surface area contributed by atoms with E-state index in [0.29, 0.717) is 0 Å². The van der Waals surface area contributed by atoms with Crippen molar-refractivity contribution in [2.75, 3.05) is 39.3 Å². The van der Waals surface area contributed by atoms with Crippen LogP contribution in [-0.4, -0.2) is 55.1 Å². The Hall–Kier alpha value is -0.610. The van der Waals surface area contributed by atoms with Crippen LogP contribution in [0.5, 0.6) is 0 Å². The SMILES string of the molecule is Cl.c1cc(CN2CCN(C3CCNC3)CC2)cc(C2CC2)c1. The molecule has 3 fully saturated rings. The second kappa shape index (κ2) is 7.31. The van der Waals surface area contributed by atoms with Crippen LogP contribution in [0.4, 0.5) is 0 Å². The molecule has 3 aliphatic rings. The summed E-state index contributed by atoms with van der Waals surface area (Å²) in [5.74, 6) is 0.872. The van der Waals surface area contributed by atoms with Crippen molar-refractivity contribution in [1.82, 2.24) is 15.1 Å². The molecule has 2 heterocycles. The van der Waals surface area contributed by atoms with Gasteiger partial charge in [0.05, 0.1) is 0 Å². The second-order valence-corrected chi connectivity index (χ2v) is 6.98. The summed E-state index contributed by atoms with van der Waals surface area (Å²) >= 11 is 0. The van der Waals surface area contributed by atoms with Gasteiger partial charge in [-0.2, -0.15) is 0 Å². The number of hydrogen-bond acceptors (Lipinski definition) is 3. The fourth-order valence-electron chi connectivity index (χ4n) is 3.86. The molecule has 0 radical (unpaired) electrons. The number of benzene rings is 1. The molecule has 2 aliphatic heterocycles. The molecule has 0 aromatic heterocycles. The Kier molecular flexibility index (Phi) is 5.40.